The summed E-state index contributed by atoms with van der Waals surface area (Å²) in [6.45, 7) is 4.55. The largest absolute Gasteiger partial charge is 0.491 e. The first-order chi connectivity index (χ1) is 13.5. The van der Waals surface area contributed by atoms with Gasteiger partial charge in [-0.3, -0.25) is 9.78 Å². The van der Waals surface area contributed by atoms with E-state index in [1.54, 1.807) is 18.5 Å². The first-order valence-corrected chi connectivity index (χ1v) is 9.39. The van der Waals surface area contributed by atoms with Crippen molar-refractivity contribution in [2.45, 2.75) is 26.5 Å². The summed E-state index contributed by atoms with van der Waals surface area (Å²) in [6, 6.07) is 16.6. The highest BCUT2D eigenvalue weighted by Gasteiger charge is 2.08. The van der Waals surface area contributed by atoms with E-state index in [1.807, 2.05) is 62.4 Å². The minimum absolute atomic E-state index is 0.106. The molecule has 1 aromatic heterocycles. The number of rotatable bonds is 7. The van der Waals surface area contributed by atoms with Gasteiger partial charge in [0.25, 0.3) is 5.91 Å². The van der Waals surface area contributed by atoms with Gasteiger partial charge in [0, 0.05) is 29.6 Å². The number of pyridine rings is 1. The lowest BCUT2D eigenvalue weighted by Crippen LogP contribution is -2.13. The van der Waals surface area contributed by atoms with E-state index in [0.29, 0.717) is 22.8 Å². The maximum Gasteiger partial charge on any atom is 0.257 e. The van der Waals surface area contributed by atoms with Gasteiger partial charge < -0.3 is 15.4 Å². The minimum Gasteiger partial charge on any atom is -0.491 e. The van der Waals surface area contributed by atoms with Crippen LogP contribution in [0, 0.1) is 0 Å². The van der Waals surface area contributed by atoms with Crippen molar-refractivity contribution in [3.63, 3.8) is 0 Å². The Kier molecular flexibility index (Phi) is 6.50. The van der Waals surface area contributed by atoms with Crippen molar-refractivity contribution in [2.24, 2.45) is 0 Å². The summed E-state index contributed by atoms with van der Waals surface area (Å²) in [7, 11) is 0. The second-order valence-electron chi connectivity index (χ2n) is 6.59. The summed E-state index contributed by atoms with van der Waals surface area (Å²) in [5.41, 5.74) is 3.02. The van der Waals surface area contributed by atoms with Crippen molar-refractivity contribution in [3.05, 3.63) is 83.1 Å². The summed E-state index contributed by atoms with van der Waals surface area (Å²) in [6.07, 6.45) is 3.33. The van der Waals surface area contributed by atoms with Crippen LogP contribution in [0.1, 0.15) is 29.8 Å². The molecule has 0 aliphatic carbocycles. The lowest BCUT2D eigenvalue weighted by Gasteiger charge is -2.11. The van der Waals surface area contributed by atoms with Gasteiger partial charge in [0.2, 0.25) is 0 Å². The lowest BCUT2D eigenvalue weighted by molar-refractivity contribution is 0.102. The average molecular weight is 396 g/mol. The Balaban J connectivity index is 1.60. The fraction of sp³-hybridized carbons (Fsp3) is 0.182. The van der Waals surface area contributed by atoms with Crippen LogP contribution in [0.3, 0.4) is 0 Å². The van der Waals surface area contributed by atoms with Crippen LogP contribution < -0.4 is 15.4 Å². The second kappa shape index (κ2) is 9.24. The van der Waals surface area contributed by atoms with Gasteiger partial charge in [-0.05, 0) is 61.9 Å². The molecule has 0 saturated heterocycles. The van der Waals surface area contributed by atoms with E-state index in [1.165, 1.54) is 0 Å². The van der Waals surface area contributed by atoms with Crippen LogP contribution in [0.4, 0.5) is 11.4 Å². The number of carbonyl (C=O) groups is 1. The molecular weight excluding hydrogens is 374 g/mol. The smallest absolute Gasteiger partial charge is 0.257 e. The first kappa shape index (κ1) is 19.7. The molecule has 2 aromatic carbocycles. The van der Waals surface area contributed by atoms with Crippen molar-refractivity contribution in [1.82, 2.24) is 4.98 Å². The number of anilines is 2. The molecule has 28 heavy (non-hydrogen) atoms. The topological polar surface area (TPSA) is 63.2 Å². The lowest BCUT2D eigenvalue weighted by atomic mass is 10.2. The first-order valence-electron chi connectivity index (χ1n) is 9.01. The summed E-state index contributed by atoms with van der Waals surface area (Å²) >= 11 is 5.90. The van der Waals surface area contributed by atoms with E-state index in [-0.39, 0.29) is 12.0 Å². The summed E-state index contributed by atoms with van der Waals surface area (Å²) in [5, 5.41) is 6.83. The number of hydrogen-bond donors (Lipinski definition) is 2. The zero-order chi connectivity index (χ0) is 19.9. The van der Waals surface area contributed by atoms with Crippen LogP contribution in [-0.2, 0) is 6.54 Å². The molecule has 1 amide bonds. The van der Waals surface area contributed by atoms with E-state index in [9.17, 15) is 4.79 Å². The van der Waals surface area contributed by atoms with Gasteiger partial charge in [0.15, 0.2) is 0 Å². The third-order valence-electron chi connectivity index (χ3n) is 3.89. The second-order valence-corrected chi connectivity index (χ2v) is 7.02. The number of nitrogens with zero attached hydrogens (tertiary/aromatic N) is 1. The third kappa shape index (κ3) is 5.72. The third-order valence-corrected chi connectivity index (χ3v) is 4.15. The molecule has 3 rings (SSSR count). The van der Waals surface area contributed by atoms with Crippen LogP contribution in [0.2, 0.25) is 5.02 Å². The molecular formula is C22H22ClN3O2. The van der Waals surface area contributed by atoms with Crippen molar-refractivity contribution < 1.29 is 9.53 Å². The van der Waals surface area contributed by atoms with E-state index >= 15 is 0 Å². The number of benzene rings is 2. The average Bonchev–Trinajstić information content (AvgIpc) is 2.69. The highest BCUT2D eigenvalue weighted by Crippen LogP contribution is 2.18. The number of hydrogen-bond acceptors (Lipinski definition) is 4. The van der Waals surface area contributed by atoms with Crippen LogP contribution in [0.5, 0.6) is 5.75 Å². The van der Waals surface area contributed by atoms with Gasteiger partial charge in [0.1, 0.15) is 5.75 Å². The highest BCUT2D eigenvalue weighted by atomic mass is 35.5. The maximum atomic E-state index is 12.5. The molecule has 0 spiro atoms. The van der Waals surface area contributed by atoms with Crippen LogP contribution >= 0.6 is 11.6 Å². The number of amides is 1. The highest BCUT2D eigenvalue weighted by molar-refractivity contribution is 6.30. The maximum absolute atomic E-state index is 12.5. The van der Waals surface area contributed by atoms with Gasteiger partial charge in [-0.2, -0.15) is 0 Å². The number of ether oxygens (including phenoxy) is 1. The van der Waals surface area contributed by atoms with E-state index in [0.717, 1.165) is 17.0 Å². The van der Waals surface area contributed by atoms with Crippen molar-refractivity contribution in [2.75, 3.05) is 10.6 Å². The molecule has 144 valence electrons. The molecule has 6 heteroatoms. The summed E-state index contributed by atoms with van der Waals surface area (Å²) in [5.74, 6) is 0.545. The normalized spacial score (nSPS) is 10.6. The quantitative estimate of drug-likeness (QED) is 0.563. The summed E-state index contributed by atoms with van der Waals surface area (Å²) in [4.78, 5) is 16.7. The Bertz CT molecular complexity index is 925. The number of halogens is 1. The molecule has 0 atom stereocenters. The molecule has 0 aliphatic rings. The molecule has 0 radical (unpaired) electrons. The number of aromatic nitrogens is 1. The minimum atomic E-state index is -0.222. The zero-order valence-electron chi connectivity index (χ0n) is 15.8. The number of nitrogens with one attached hydrogen (secondary N) is 2. The van der Waals surface area contributed by atoms with Crippen molar-refractivity contribution in [1.29, 1.82) is 0 Å². The Morgan fingerprint density at radius 3 is 2.43 bits per heavy atom. The molecule has 1 heterocycles. The molecule has 0 fully saturated rings. The van der Waals surface area contributed by atoms with Crippen molar-refractivity contribution in [3.8, 4) is 5.75 Å². The van der Waals surface area contributed by atoms with E-state index in [4.69, 9.17) is 16.3 Å². The van der Waals surface area contributed by atoms with Gasteiger partial charge in [-0.25, -0.2) is 0 Å². The van der Waals surface area contributed by atoms with Gasteiger partial charge in [-0.15, -0.1) is 0 Å². The zero-order valence-corrected chi connectivity index (χ0v) is 16.5. The van der Waals surface area contributed by atoms with Crippen LogP contribution in [-0.4, -0.2) is 17.0 Å². The van der Waals surface area contributed by atoms with E-state index < -0.39 is 0 Å². The molecule has 5 nitrogen and oxygen atoms in total. The Labute approximate surface area is 169 Å². The van der Waals surface area contributed by atoms with Gasteiger partial charge in [-0.1, -0.05) is 23.7 Å². The van der Waals surface area contributed by atoms with Gasteiger partial charge in [0.05, 0.1) is 17.4 Å². The monoisotopic (exact) mass is 395 g/mol. The fourth-order valence-electron chi connectivity index (χ4n) is 2.56. The number of carbonyl (C=O) groups excluding carboxylic acids is 1. The predicted octanol–water partition coefficient (Wildman–Crippen LogP) is 5.39. The standard InChI is InChI=1S/C22H22ClN3O2/c1-15(2)28-21-9-7-19(8-10-21)26-22(27)17-11-20(14-24-13-17)25-12-16-3-5-18(23)6-4-16/h3-11,13-15,25H,12H2,1-2H3,(H,26,27). The van der Waals surface area contributed by atoms with Crippen LogP contribution in [0.15, 0.2) is 67.0 Å². The molecule has 0 bridgehead atoms. The molecule has 2 N–H and O–H groups in total. The predicted molar refractivity (Wildman–Crippen MR) is 113 cm³/mol. The van der Waals surface area contributed by atoms with E-state index in [2.05, 4.69) is 15.6 Å². The SMILES string of the molecule is CC(C)Oc1ccc(NC(=O)c2cncc(NCc3ccc(Cl)cc3)c2)cc1. The van der Waals surface area contributed by atoms with Crippen LogP contribution in [0.25, 0.3) is 0 Å². The molecule has 3 aromatic rings. The van der Waals surface area contributed by atoms with Crippen molar-refractivity contribution >= 4 is 28.9 Å². The van der Waals surface area contributed by atoms with Gasteiger partial charge >= 0.3 is 0 Å². The molecule has 0 aliphatic heterocycles. The molecule has 0 saturated carbocycles. The summed E-state index contributed by atoms with van der Waals surface area (Å²) < 4.78 is 5.61. The molecule has 0 unspecified atom stereocenters. The fourth-order valence-corrected chi connectivity index (χ4v) is 2.69. The Morgan fingerprint density at radius 1 is 1.04 bits per heavy atom. The Hall–Kier alpha value is -3.05. The Morgan fingerprint density at radius 2 is 1.75 bits per heavy atom.